The van der Waals surface area contributed by atoms with Gasteiger partial charge in [-0.15, -0.1) is 0 Å². The van der Waals surface area contributed by atoms with Crippen LogP contribution in [0.25, 0.3) is 0 Å². The zero-order chi connectivity index (χ0) is 32.6. The highest BCUT2D eigenvalue weighted by molar-refractivity contribution is 9.10. The number of anilines is 1. The zero-order valence-electron chi connectivity index (χ0n) is 25.3. The Labute approximate surface area is 284 Å². The summed E-state index contributed by atoms with van der Waals surface area (Å²) in [5.41, 5.74) is 0.742. The molecule has 0 aliphatic heterocycles. The molecule has 0 bridgehead atoms. The highest BCUT2D eigenvalue weighted by atomic mass is 79.9. The number of nitrogens with one attached hydrogen (secondary N) is 1. The van der Waals surface area contributed by atoms with E-state index in [1.54, 1.807) is 54.6 Å². The van der Waals surface area contributed by atoms with Gasteiger partial charge in [0.2, 0.25) is 11.8 Å². The Kier molecular flexibility index (Phi) is 12.6. The lowest BCUT2D eigenvalue weighted by Crippen LogP contribution is -2.54. The first-order chi connectivity index (χ1) is 21.5. The van der Waals surface area contributed by atoms with Gasteiger partial charge in [-0.1, -0.05) is 71.4 Å². The van der Waals surface area contributed by atoms with E-state index in [-0.39, 0.29) is 29.1 Å². The van der Waals surface area contributed by atoms with Crippen LogP contribution in [0.1, 0.15) is 57.9 Å². The van der Waals surface area contributed by atoms with E-state index in [0.717, 1.165) is 36.4 Å². The van der Waals surface area contributed by atoms with Gasteiger partial charge in [-0.05, 0) is 86.8 Å². The minimum atomic E-state index is -4.22. The SMILES string of the molecule is CCOc1ccc(N(CC(=O)N(Cc2c(Cl)cccc2Cl)[C@@H](CC)C(=O)NC2CCCCC2)S(=O)(=O)c2ccc(Br)cc2)cc1. The molecule has 1 N–H and O–H groups in total. The first kappa shape index (κ1) is 35.1. The summed E-state index contributed by atoms with van der Waals surface area (Å²) in [6.07, 6.45) is 5.25. The average molecular weight is 740 g/mol. The van der Waals surface area contributed by atoms with E-state index in [1.807, 2.05) is 13.8 Å². The number of benzene rings is 3. The van der Waals surface area contributed by atoms with E-state index in [1.165, 1.54) is 17.0 Å². The zero-order valence-corrected chi connectivity index (χ0v) is 29.3. The van der Waals surface area contributed by atoms with Crippen molar-refractivity contribution in [3.05, 3.63) is 86.8 Å². The largest absolute Gasteiger partial charge is 0.494 e. The Morgan fingerprint density at radius 1 is 0.956 bits per heavy atom. The van der Waals surface area contributed by atoms with Crippen molar-refractivity contribution in [3.63, 3.8) is 0 Å². The third kappa shape index (κ3) is 8.93. The lowest BCUT2D eigenvalue weighted by atomic mass is 9.95. The van der Waals surface area contributed by atoms with E-state index in [0.29, 0.717) is 38.9 Å². The van der Waals surface area contributed by atoms with E-state index >= 15 is 0 Å². The fourth-order valence-corrected chi connectivity index (χ4v) is 7.65. The monoisotopic (exact) mass is 737 g/mol. The summed E-state index contributed by atoms with van der Waals surface area (Å²) in [5, 5.41) is 3.82. The number of ether oxygens (including phenoxy) is 1. The van der Waals surface area contributed by atoms with Gasteiger partial charge in [-0.2, -0.15) is 0 Å². The molecule has 0 radical (unpaired) electrons. The molecule has 2 amide bonds. The summed E-state index contributed by atoms with van der Waals surface area (Å²) in [7, 11) is -4.22. The molecule has 1 saturated carbocycles. The molecule has 45 heavy (non-hydrogen) atoms. The van der Waals surface area contributed by atoms with Crippen molar-refractivity contribution in [2.75, 3.05) is 17.5 Å². The minimum Gasteiger partial charge on any atom is -0.494 e. The van der Waals surface area contributed by atoms with Crippen LogP contribution >= 0.6 is 39.1 Å². The predicted octanol–water partition coefficient (Wildman–Crippen LogP) is 7.61. The topological polar surface area (TPSA) is 96.0 Å². The average Bonchev–Trinajstić information content (AvgIpc) is 3.02. The molecule has 0 spiro atoms. The standard InChI is InChI=1S/C33H38BrCl2N3O5S/c1-3-31(33(41)37-24-9-6-5-7-10-24)38(21-28-29(35)11-8-12-30(28)36)32(40)22-39(25-15-17-26(18-16-25)44-4-2)45(42,43)27-19-13-23(34)14-20-27/h8,11-20,24,31H,3-7,9-10,21-22H2,1-2H3,(H,37,41)/t31-/m0/s1. The van der Waals surface area contributed by atoms with Crippen LogP contribution in [-0.4, -0.2) is 50.4 Å². The van der Waals surface area contributed by atoms with Gasteiger partial charge in [-0.25, -0.2) is 8.42 Å². The second-order valence-electron chi connectivity index (χ2n) is 10.9. The Morgan fingerprint density at radius 2 is 1.58 bits per heavy atom. The van der Waals surface area contributed by atoms with Crippen LogP contribution in [0, 0.1) is 0 Å². The molecule has 0 saturated heterocycles. The van der Waals surface area contributed by atoms with Crippen molar-refractivity contribution in [3.8, 4) is 5.75 Å². The number of sulfonamides is 1. The van der Waals surface area contributed by atoms with Crippen LogP contribution < -0.4 is 14.4 Å². The maximum atomic E-state index is 14.4. The summed E-state index contributed by atoms with van der Waals surface area (Å²) in [6, 6.07) is 16.9. The van der Waals surface area contributed by atoms with Gasteiger partial charge in [0.25, 0.3) is 10.0 Å². The third-order valence-electron chi connectivity index (χ3n) is 7.84. The number of nitrogens with zero attached hydrogens (tertiary/aromatic N) is 2. The maximum Gasteiger partial charge on any atom is 0.264 e. The molecule has 8 nitrogen and oxygen atoms in total. The van der Waals surface area contributed by atoms with Crippen molar-refractivity contribution in [1.82, 2.24) is 10.2 Å². The molecular weight excluding hydrogens is 701 g/mol. The van der Waals surface area contributed by atoms with Crippen LogP contribution in [0.15, 0.2) is 76.1 Å². The second kappa shape index (κ2) is 16.2. The molecule has 0 aromatic heterocycles. The molecule has 3 aromatic rings. The Bertz CT molecular complexity index is 1550. The Balaban J connectivity index is 1.74. The summed E-state index contributed by atoms with van der Waals surface area (Å²) < 4.78 is 35.5. The summed E-state index contributed by atoms with van der Waals surface area (Å²) in [4.78, 5) is 29.5. The van der Waals surface area contributed by atoms with Gasteiger partial charge in [0.15, 0.2) is 0 Å². The molecule has 0 unspecified atom stereocenters. The highest BCUT2D eigenvalue weighted by Gasteiger charge is 2.35. The molecule has 4 rings (SSSR count). The van der Waals surface area contributed by atoms with Crippen molar-refractivity contribution in [2.45, 2.75) is 75.9 Å². The maximum absolute atomic E-state index is 14.4. The number of carbonyl (C=O) groups is 2. The lowest BCUT2D eigenvalue weighted by Gasteiger charge is -2.34. The van der Waals surface area contributed by atoms with Crippen molar-refractivity contribution in [2.24, 2.45) is 0 Å². The number of hydrogen-bond donors (Lipinski definition) is 1. The van der Waals surface area contributed by atoms with Gasteiger partial charge < -0.3 is 15.0 Å². The summed E-state index contributed by atoms with van der Waals surface area (Å²) in [5.74, 6) is -0.301. The molecular formula is C33H38BrCl2N3O5S. The first-order valence-electron chi connectivity index (χ1n) is 15.1. The highest BCUT2D eigenvalue weighted by Crippen LogP contribution is 2.30. The Hall–Kier alpha value is -2.79. The van der Waals surface area contributed by atoms with Crippen molar-refractivity contribution >= 4 is 66.7 Å². The molecule has 1 aliphatic rings. The molecule has 12 heteroatoms. The summed E-state index contributed by atoms with van der Waals surface area (Å²) in [6.45, 7) is 3.47. The van der Waals surface area contributed by atoms with E-state index in [4.69, 9.17) is 27.9 Å². The Morgan fingerprint density at radius 3 is 2.16 bits per heavy atom. The molecule has 1 aliphatic carbocycles. The van der Waals surface area contributed by atoms with Crippen LogP contribution in [0.4, 0.5) is 5.69 Å². The van der Waals surface area contributed by atoms with Gasteiger partial charge in [0.05, 0.1) is 17.2 Å². The van der Waals surface area contributed by atoms with E-state index < -0.39 is 28.5 Å². The van der Waals surface area contributed by atoms with Crippen molar-refractivity contribution < 1.29 is 22.7 Å². The number of hydrogen-bond acceptors (Lipinski definition) is 5. The number of halogens is 3. The predicted molar refractivity (Wildman–Crippen MR) is 182 cm³/mol. The van der Waals surface area contributed by atoms with Crippen LogP contribution in [0.5, 0.6) is 5.75 Å². The fourth-order valence-electron chi connectivity index (χ4n) is 5.46. The van der Waals surface area contributed by atoms with Gasteiger partial charge in [0, 0.05) is 32.7 Å². The molecule has 0 heterocycles. The molecule has 3 aromatic carbocycles. The smallest absolute Gasteiger partial charge is 0.264 e. The molecule has 1 atom stereocenters. The van der Waals surface area contributed by atoms with Crippen LogP contribution in [-0.2, 0) is 26.2 Å². The van der Waals surface area contributed by atoms with E-state index in [2.05, 4.69) is 21.2 Å². The lowest BCUT2D eigenvalue weighted by molar-refractivity contribution is -0.140. The minimum absolute atomic E-state index is 0.00941. The van der Waals surface area contributed by atoms with Crippen molar-refractivity contribution in [1.29, 1.82) is 0 Å². The van der Waals surface area contributed by atoms with Crippen LogP contribution in [0.3, 0.4) is 0 Å². The number of amides is 2. The van der Waals surface area contributed by atoms with Gasteiger partial charge in [0.1, 0.15) is 18.3 Å². The van der Waals surface area contributed by atoms with Gasteiger partial charge in [-0.3, -0.25) is 13.9 Å². The molecule has 1 fully saturated rings. The second-order valence-corrected chi connectivity index (χ2v) is 14.5. The summed E-state index contributed by atoms with van der Waals surface area (Å²) >= 11 is 16.4. The van der Waals surface area contributed by atoms with Gasteiger partial charge >= 0.3 is 0 Å². The quantitative estimate of drug-likeness (QED) is 0.195. The normalized spacial score (nSPS) is 14.4. The molecule has 242 valence electrons. The number of carbonyl (C=O) groups excluding carboxylic acids is 2. The van der Waals surface area contributed by atoms with Crippen LogP contribution in [0.2, 0.25) is 10.0 Å². The number of rotatable bonds is 13. The van der Waals surface area contributed by atoms with E-state index in [9.17, 15) is 18.0 Å². The fraction of sp³-hybridized carbons (Fsp3) is 0.394. The third-order valence-corrected chi connectivity index (χ3v) is 10.9. The first-order valence-corrected chi connectivity index (χ1v) is 18.1.